The molecule has 0 saturated carbocycles. The van der Waals surface area contributed by atoms with Crippen molar-refractivity contribution < 1.29 is 9.53 Å². The molecule has 1 heterocycles. The molecule has 0 unspecified atom stereocenters. The maximum Gasteiger partial charge on any atom is 0.271 e. The fraction of sp³-hybridized carbons (Fsp3) is 0.0833. The third-order valence-electron chi connectivity index (χ3n) is 4.47. The molecule has 0 radical (unpaired) electrons. The highest BCUT2D eigenvalue weighted by Crippen LogP contribution is 2.36. The van der Waals surface area contributed by atoms with Gasteiger partial charge in [0.2, 0.25) is 0 Å². The summed E-state index contributed by atoms with van der Waals surface area (Å²) in [7, 11) is 1.64. The molecule has 0 spiro atoms. The van der Waals surface area contributed by atoms with E-state index in [0.29, 0.717) is 16.6 Å². The van der Waals surface area contributed by atoms with Crippen LogP contribution in [-0.4, -0.2) is 18.2 Å². The van der Waals surface area contributed by atoms with Crippen LogP contribution in [0.25, 0.3) is 6.08 Å². The molecule has 4 nitrogen and oxygen atoms in total. The van der Waals surface area contributed by atoms with Crippen molar-refractivity contribution in [2.75, 3.05) is 12.0 Å². The molecule has 1 fully saturated rings. The van der Waals surface area contributed by atoms with Gasteiger partial charge in [0.25, 0.3) is 5.91 Å². The van der Waals surface area contributed by atoms with E-state index < -0.39 is 0 Å². The van der Waals surface area contributed by atoms with E-state index in [2.05, 4.69) is 0 Å². The lowest BCUT2D eigenvalue weighted by atomic mass is 10.2. The second-order valence-electron chi connectivity index (χ2n) is 6.44. The summed E-state index contributed by atoms with van der Waals surface area (Å²) in [4.78, 5) is 20.3. The number of ether oxygens (including phenoxy) is 1. The first-order chi connectivity index (χ1) is 14.2. The van der Waals surface area contributed by atoms with Crippen molar-refractivity contribution in [2.24, 2.45) is 4.99 Å². The molecule has 1 aliphatic heterocycles. The molecule has 0 aliphatic carbocycles. The Balaban J connectivity index is 1.66. The minimum atomic E-state index is -0.0659. The van der Waals surface area contributed by atoms with E-state index in [0.717, 1.165) is 22.6 Å². The van der Waals surface area contributed by atoms with E-state index >= 15 is 0 Å². The smallest absolute Gasteiger partial charge is 0.271 e. The third kappa shape index (κ3) is 4.41. The monoisotopic (exact) mass is 400 g/mol. The number of hydrogen-bond donors (Lipinski definition) is 0. The van der Waals surface area contributed by atoms with Crippen LogP contribution in [0.5, 0.6) is 5.75 Å². The minimum Gasteiger partial charge on any atom is -0.497 e. The predicted molar refractivity (Wildman–Crippen MR) is 120 cm³/mol. The second kappa shape index (κ2) is 8.80. The Bertz CT molecular complexity index is 1050. The number of aliphatic imine (C=N–C) groups is 1. The standard InChI is InChI=1S/C24H20N2O2S/c1-28-21-14-12-18(13-15-21)16-22-23(27)26(20-10-6-3-7-11-20)24(29-22)25-17-19-8-4-2-5-9-19/h2-16H,17H2,1H3. The highest BCUT2D eigenvalue weighted by atomic mass is 32.2. The average molecular weight is 401 g/mol. The lowest BCUT2D eigenvalue weighted by Gasteiger charge is -2.15. The van der Waals surface area contributed by atoms with Crippen LogP contribution < -0.4 is 9.64 Å². The van der Waals surface area contributed by atoms with E-state index in [1.54, 1.807) is 12.0 Å². The number of carbonyl (C=O) groups excluding carboxylic acids is 1. The molecule has 4 rings (SSSR count). The first-order valence-corrected chi connectivity index (χ1v) is 10.1. The SMILES string of the molecule is COc1ccc(C=C2SC(=NCc3ccccc3)N(c3ccccc3)C2=O)cc1. The molecule has 0 N–H and O–H groups in total. The number of nitrogens with zero attached hydrogens (tertiary/aromatic N) is 2. The van der Waals surface area contributed by atoms with Gasteiger partial charge in [-0.2, -0.15) is 0 Å². The highest BCUT2D eigenvalue weighted by Gasteiger charge is 2.34. The van der Waals surface area contributed by atoms with Crippen molar-refractivity contribution in [3.8, 4) is 5.75 Å². The number of amidine groups is 1. The number of amides is 1. The van der Waals surface area contributed by atoms with Crippen LogP contribution in [0, 0.1) is 0 Å². The molecule has 0 bridgehead atoms. The van der Waals surface area contributed by atoms with Crippen molar-refractivity contribution in [2.45, 2.75) is 6.54 Å². The van der Waals surface area contributed by atoms with Gasteiger partial charge in [-0.25, -0.2) is 0 Å². The molecule has 1 aliphatic rings. The normalized spacial score (nSPS) is 16.6. The Morgan fingerprint density at radius 2 is 1.59 bits per heavy atom. The maximum atomic E-state index is 13.2. The summed E-state index contributed by atoms with van der Waals surface area (Å²) in [6, 6.07) is 27.3. The van der Waals surface area contributed by atoms with Gasteiger partial charge in [-0.3, -0.25) is 14.7 Å². The topological polar surface area (TPSA) is 41.9 Å². The molecule has 144 valence electrons. The van der Waals surface area contributed by atoms with Gasteiger partial charge in [-0.05, 0) is 53.2 Å². The van der Waals surface area contributed by atoms with Crippen molar-refractivity contribution in [3.63, 3.8) is 0 Å². The zero-order chi connectivity index (χ0) is 20.1. The van der Waals surface area contributed by atoms with Gasteiger partial charge in [-0.15, -0.1) is 0 Å². The van der Waals surface area contributed by atoms with Gasteiger partial charge in [0.05, 0.1) is 24.2 Å². The average Bonchev–Trinajstić information content (AvgIpc) is 3.09. The van der Waals surface area contributed by atoms with Crippen LogP contribution in [0.1, 0.15) is 11.1 Å². The van der Waals surface area contributed by atoms with Crippen LogP contribution >= 0.6 is 11.8 Å². The van der Waals surface area contributed by atoms with Gasteiger partial charge < -0.3 is 4.74 Å². The van der Waals surface area contributed by atoms with Crippen LogP contribution in [0.2, 0.25) is 0 Å². The zero-order valence-electron chi connectivity index (χ0n) is 16.0. The van der Waals surface area contributed by atoms with Crippen molar-refractivity contribution in [1.29, 1.82) is 0 Å². The summed E-state index contributed by atoms with van der Waals surface area (Å²) < 4.78 is 5.21. The number of thioether (sulfide) groups is 1. The van der Waals surface area contributed by atoms with Gasteiger partial charge in [0.1, 0.15) is 5.75 Å². The predicted octanol–water partition coefficient (Wildman–Crippen LogP) is 5.37. The summed E-state index contributed by atoms with van der Waals surface area (Å²) in [5.41, 5.74) is 2.86. The van der Waals surface area contributed by atoms with Gasteiger partial charge in [0.15, 0.2) is 5.17 Å². The summed E-state index contributed by atoms with van der Waals surface area (Å²) in [5, 5.41) is 0.685. The molecule has 29 heavy (non-hydrogen) atoms. The molecular weight excluding hydrogens is 380 g/mol. The quantitative estimate of drug-likeness (QED) is 0.541. The highest BCUT2D eigenvalue weighted by molar-refractivity contribution is 8.19. The maximum absolute atomic E-state index is 13.2. The van der Waals surface area contributed by atoms with Crippen molar-refractivity contribution >= 4 is 34.6 Å². The lowest BCUT2D eigenvalue weighted by molar-refractivity contribution is -0.113. The van der Waals surface area contributed by atoms with Crippen LogP contribution in [0.3, 0.4) is 0 Å². The fourth-order valence-electron chi connectivity index (χ4n) is 2.98. The first-order valence-electron chi connectivity index (χ1n) is 9.26. The number of hydrogen-bond acceptors (Lipinski definition) is 4. The number of rotatable bonds is 5. The van der Waals surface area contributed by atoms with E-state index in [1.807, 2.05) is 91.0 Å². The summed E-state index contributed by atoms with van der Waals surface area (Å²) in [6.45, 7) is 0.523. The molecule has 1 saturated heterocycles. The summed E-state index contributed by atoms with van der Waals surface area (Å²) in [6.07, 6.45) is 1.90. The number of carbonyl (C=O) groups is 1. The zero-order valence-corrected chi connectivity index (χ0v) is 16.8. The third-order valence-corrected chi connectivity index (χ3v) is 5.48. The molecular formula is C24H20N2O2S. The molecule has 3 aromatic carbocycles. The van der Waals surface area contributed by atoms with E-state index in [9.17, 15) is 4.79 Å². The van der Waals surface area contributed by atoms with E-state index in [-0.39, 0.29) is 5.91 Å². The Hall–Kier alpha value is -3.31. The van der Waals surface area contributed by atoms with Gasteiger partial charge in [-0.1, -0.05) is 60.7 Å². The van der Waals surface area contributed by atoms with Crippen molar-refractivity contribution in [1.82, 2.24) is 0 Å². The van der Waals surface area contributed by atoms with Crippen LogP contribution in [0.4, 0.5) is 5.69 Å². The van der Waals surface area contributed by atoms with Crippen LogP contribution in [0.15, 0.2) is 94.8 Å². The molecule has 1 amide bonds. The molecule has 5 heteroatoms. The minimum absolute atomic E-state index is 0.0659. The Morgan fingerprint density at radius 3 is 2.24 bits per heavy atom. The number of anilines is 1. The molecule has 3 aromatic rings. The second-order valence-corrected chi connectivity index (χ2v) is 7.45. The fourth-order valence-corrected chi connectivity index (χ4v) is 3.96. The Kier molecular flexibility index (Phi) is 5.77. The van der Waals surface area contributed by atoms with E-state index in [1.165, 1.54) is 11.8 Å². The van der Waals surface area contributed by atoms with Gasteiger partial charge >= 0.3 is 0 Å². The lowest BCUT2D eigenvalue weighted by Crippen LogP contribution is -2.28. The Labute approximate surface area is 174 Å². The summed E-state index contributed by atoms with van der Waals surface area (Å²) in [5.74, 6) is 0.720. The van der Waals surface area contributed by atoms with Crippen LogP contribution in [-0.2, 0) is 11.3 Å². The Morgan fingerprint density at radius 1 is 0.931 bits per heavy atom. The largest absolute Gasteiger partial charge is 0.497 e. The number of benzene rings is 3. The van der Waals surface area contributed by atoms with Crippen molar-refractivity contribution in [3.05, 3.63) is 101 Å². The summed E-state index contributed by atoms with van der Waals surface area (Å²) >= 11 is 1.40. The molecule has 0 aromatic heterocycles. The number of para-hydroxylation sites is 1. The van der Waals surface area contributed by atoms with E-state index in [4.69, 9.17) is 9.73 Å². The first kappa shape index (κ1) is 19.0. The molecule has 0 atom stereocenters. The number of methoxy groups -OCH3 is 1. The van der Waals surface area contributed by atoms with Gasteiger partial charge in [0, 0.05) is 0 Å².